The van der Waals surface area contributed by atoms with Crippen LogP contribution in [0.3, 0.4) is 0 Å². The first kappa shape index (κ1) is 51.5. The van der Waals surface area contributed by atoms with Crippen LogP contribution < -0.4 is 24.0 Å². The van der Waals surface area contributed by atoms with Crippen LogP contribution in [0.25, 0.3) is 0 Å². The second kappa shape index (κ2) is 23.0. The molecule has 1 aliphatic heterocycles. The zero-order valence-corrected chi connectivity index (χ0v) is 37.5. The molecule has 5 rings (SSSR count). The van der Waals surface area contributed by atoms with E-state index in [2.05, 4.69) is 6.92 Å². The molecule has 1 N–H and O–H groups in total. The average Bonchev–Trinajstić information content (AvgIpc) is 3.21. The van der Waals surface area contributed by atoms with E-state index in [1.54, 1.807) is 14.5 Å². The Hall–Kier alpha value is -4.85. The number of hydrogen-bond donors (Lipinski definition) is 1. The maximum Gasteiger partial charge on any atom is 0.416 e. The van der Waals surface area contributed by atoms with Crippen molar-refractivity contribution in [2.45, 2.75) is 51.2 Å². The number of alkyl halides is 6. The van der Waals surface area contributed by atoms with Gasteiger partial charge in [0.2, 0.25) is 15.9 Å². The standard InChI is InChI=1S/C15H10ClF3N2O6S.C14H20ClNO2.C11H11Cl2NO2/c1-28(25,26)20-14(22)10-7-9(3-4-12(10)21(23)24)27-13-5-2-8(6-11(13)16)15(17,18)19;1-4-12-8-6-7-11(3)14(12)16(10-18-5-2)13(17)9-15;1-7-6-16-9-5-3-2-4-8(9)14(7)11(15)10(12)13/h2-7H,1H3,(H,20,22);6-8H,4-5,9-10H2,1-3H3;2-5,7,10H,6H2,1H3. The number of hydrogen-bond acceptors (Lipinski definition) is 10. The molecule has 0 bridgehead atoms. The number of ether oxygens (including phenoxy) is 3. The number of nitro benzene ring substituents is 1. The van der Waals surface area contributed by atoms with Crippen LogP contribution in [0.2, 0.25) is 5.02 Å². The molecule has 14 nitrogen and oxygen atoms in total. The van der Waals surface area contributed by atoms with Crippen LogP contribution in [-0.2, 0) is 36.9 Å². The van der Waals surface area contributed by atoms with Crippen LogP contribution in [-0.4, -0.2) is 74.0 Å². The van der Waals surface area contributed by atoms with E-state index in [-0.39, 0.29) is 42.0 Å². The molecule has 0 fully saturated rings. The summed E-state index contributed by atoms with van der Waals surface area (Å²) in [7, 11) is -4.00. The second-order valence-electron chi connectivity index (χ2n) is 13.0. The third-order valence-corrected chi connectivity index (χ3v) is 9.91. The van der Waals surface area contributed by atoms with Crippen molar-refractivity contribution >= 4 is 91.2 Å². The Kier molecular flexibility index (Phi) is 19.1. The topological polar surface area (TPSA) is 175 Å². The minimum Gasteiger partial charge on any atom is -0.489 e. The summed E-state index contributed by atoms with van der Waals surface area (Å²) in [6, 6.07) is 18.4. The first-order valence-corrected chi connectivity index (χ1v) is 21.9. The Bertz CT molecular complexity index is 2360. The third kappa shape index (κ3) is 14.4. The van der Waals surface area contributed by atoms with Crippen LogP contribution in [0.15, 0.2) is 78.9 Å². The summed E-state index contributed by atoms with van der Waals surface area (Å²) < 4.78 is 78.1. The Labute approximate surface area is 375 Å². The molecule has 1 aliphatic rings. The average molecular weight is 969 g/mol. The van der Waals surface area contributed by atoms with Crippen molar-refractivity contribution < 1.29 is 55.1 Å². The molecule has 336 valence electrons. The minimum atomic E-state index is -4.62. The quantitative estimate of drug-likeness (QED) is 0.0623. The van der Waals surface area contributed by atoms with Gasteiger partial charge < -0.3 is 19.1 Å². The second-order valence-corrected chi connectivity index (χ2v) is 16.6. The van der Waals surface area contributed by atoms with E-state index in [4.69, 9.17) is 60.6 Å². The lowest BCUT2D eigenvalue weighted by molar-refractivity contribution is -0.385. The summed E-state index contributed by atoms with van der Waals surface area (Å²) in [4.78, 5) is 48.2. The zero-order chi connectivity index (χ0) is 46.5. The van der Waals surface area contributed by atoms with Crippen molar-refractivity contribution in [1.29, 1.82) is 0 Å². The number of halogens is 7. The number of nitrogens with zero attached hydrogens (tertiary/aromatic N) is 3. The lowest BCUT2D eigenvalue weighted by atomic mass is 10.0. The number of amides is 3. The molecule has 22 heteroatoms. The van der Waals surface area contributed by atoms with E-state index < -0.39 is 53.7 Å². The van der Waals surface area contributed by atoms with Crippen molar-refractivity contribution in [3.63, 3.8) is 0 Å². The van der Waals surface area contributed by atoms with Gasteiger partial charge in [0.05, 0.1) is 39.2 Å². The van der Waals surface area contributed by atoms with E-state index in [0.29, 0.717) is 37.4 Å². The highest BCUT2D eigenvalue weighted by Crippen LogP contribution is 2.38. The molecular formula is C40H41Cl4F3N4O10S. The van der Waals surface area contributed by atoms with Gasteiger partial charge in [0.25, 0.3) is 17.5 Å². The van der Waals surface area contributed by atoms with Gasteiger partial charge in [0, 0.05) is 18.7 Å². The molecule has 4 aromatic carbocycles. The van der Waals surface area contributed by atoms with Crippen molar-refractivity contribution in [3.8, 4) is 17.2 Å². The Morgan fingerprint density at radius 1 is 1.05 bits per heavy atom. The Balaban J connectivity index is 0.000000261. The number of benzene rings is 4. The number of nitro groups is 1. The van der Waals surface area contributed by atoms with Gasteiger partial charge in [-0.25, -0.2) is 13.1 Å². The smallest absolute Gasteiger partial charge is 0.416 e. The number of sulfonamides is 1. The SMILES string of the molecule is CC1COc2ccccc2N1C(=O)C(Cl)Cl.CCOCN(C(=O)CCl)c1c(C)cccc1CC.CS(=O)(=O)NC(=O)c1cc(Oc2ccc(C(F)(F)F)cc2Cl)ccc1[N+](=O)[O-]. The van der Waals surface area contributed by atoms with Gasteiger partial charge in [-0.05, 0) is 74.7 Å². The lowest BCUT2D eigenvalue weighted by Crippen LogP contribution is -2.47. The fourth-order valence-corrected chi connectivity index (χ4v) is 6.70. The molecule has 0 spiro atoms. The summed E-state index contributed by atoms with van der Waals surface area (Å²) in [6.07, 6.45) is -3.07. The van der Waals surface area contributed by atoms with Gasteiger partial charge >= 0.3 is 6.18 Å². The van der Waals surface area contributed by atoms with Gasteiger partial charge in [0.1, 0.15) is 42.0 Å². The number of carbonyl (C=O) groups excluding carboxylic acids is 3. The Morgan fingerprint density at radius 2 is 1.73 bits per heavy atom. The molecule has 62 heavy (non-hydrogen) atoms. The summed E-state index contributed by atoms with van der Waals surface area (Å²) in [6.45, 7) is 9.13. The summed E-state index contributed by atoms with van der Waals surface area (Å²) >= 11 is 22.7. The number of aryl methyl sites for hydroxylation is 2. The van der Waals surface area contributed by atoms with Crippen LogP contribution in [0.5, 0.6) is 17.2 Å². The van der Waals surface area contributed by atoms with Crippen LogP contribution >= 0.6 is 46.4 Å². The van der Waals surface area contributed by atoms with Crippen molar-refractivity contribution in [3.05, 3.63) is 116 Å². The maximum absolute atomic E-state index is 12.7. The first-order valence-electron chi connectivity index (χ1n) is 18.2. The van der Waals surface area contributed by atoms with Gasteiger partial charge in [-0.3, -0.25) is 29.4 Å². The minimum absolute atomic E-state index is 0.0371. The lowest BCUT2D eigenvalue weighted by Gasteiger charge is -2.35. The van der Waals surface area contributed by atoms with Gasteiger partial charge in [-0.1, -0.05) is 72.1 Å². The molecule has 0 aromatic heterocycles. The summed E-state index contributed by atoms with van der Waals surface area (Å²) in [5.41, 5.74) is 1.50. The number of anilines is 2. The fourth-order valence-electron chi connectivity index (χ4n) is 5.68. The van der Waals surface area contributed by atoms with Gasteiger partial charge in [-0.2, -0.15) is 13.2 Å². The normalized spacial score (nSPS) is 13.3. The first-order chi connectivity index (χ1) is 29.0. The number of rotatable bonds is 12. The summed E-state index contributed by atoms with van der Waals surface area (Å²) in [5.74, 6) is -1.48. The van der Waals surface area contributed by atoms with E-state index >= 15 is 0 Å². The molecule has 0 saturated heterocycles. The monoisotopic (exact) mass is 966 g/mol. The number of carbonyl (C=O) groups is 3. The predicted molar refractivity (Wildman–Crippen MR) is 232 cm³/mol. The molecule has 4 aromatic rings. The van der Waals surface area contributed by atoms with Gasteiger partial charge in [0.15, 0.2) is 4.84 Å². The molecule has 0 radical (unpaired) electrons. The number of para-hydroxylation sites is 3. The van der Waals surface area contributed by atoms with E-state index in [1.807, 2.05) is 63.2 Å². The molecule has 0 aliphatic carbocycles. The molecule has 1 atom stereocenters. The maximum atomic E-state index is 12.7. The zero-order valence-electron chi connectivity index (χ0n) is 33.7. The van der Waals surface area contributed by atoms with Gasteiger partial charge in [-0.15, -0.1) is 11.6 Å². The largest absolute Gasteiger partial charge is 0.489 e. The van der Waals surface area contributed by atoms with Crippen molar-refractivity contribution in [1.82, 2.24) is 4.72 Å². The molecule has 3 amide bonds. The Morgan fingerprint density at radius 3 is 2.29 bits per heavy atom. The molecule has 1 unspecified atom stereocenters. The molecular weight excluding hydrogens is 927 g/mol. The number of nitrogens with one attached hydrogen (secondary N) is 1. The van der Waals surface area contributed by atoms with E-state index in [1.165, 1.54) is 0 Å². The van der Waals surface area contributed by atoms with E-state index in [9.17, 15) is 46.1 Å². The highest BCUT2D eigenvalue weighted by Gasteiger charge is 2.33. The fraction of sp³-hybridized carbons (Fsp3) is 0.325. The van der Waals surface area contributed by atoms with Crippen LogP contribution in [0.1, 0.15) is 47.8 Å². The molecule has 1 heterocycles. The highest BCUT2D eigenvalue weighted by molar-refractivity contribution is 7.89. The third-order valence-electron chi connectivity index (χ3n) is 8.46. The highest BCUT2D eigenvalue weighted by atomic mass is 35.5. The predicted octanol–water partition coefficient (Wildman–Crippen LogP) is 9.48. The number of fused-ring (bicyclic) bond motifs is 1. The van der Waals surface area contributed by atoms with Crippen molar-refractivity contribution in [2.24, 2.45) is 0 Å². The van der Waals surface area contributed by atoms with E-state index in [0.717, 1.165) is 53.2 Å². The summed E-state index contributed by atoms with van der Waals surface area (Å²) in [5, 5.41) is 10.7. The molecule has 0 saturated carbocycles. The van der Waals surface area contributed by atoms with Crippen LogP contribution in [0, 0.1) is 17.0 Å². The van der Waals surface area contributed by atoms with Crippen molar-refractivity contribution in [2.75, 3.05) is 41.9 Å². The van der Waals surface area contributed by atoms with Crippen LogP contribution in [0.4, 0.5) is 30.2 Å².